The van der Waals surface area contributed by atoms with E-state index in [1.807, 2.05) is 0 Å². The molecule has 0 fully saturated rings. The molecular weight excluding hydrogens is 107 g/mol. The molecule has 0 saturated carbocycles. The lowest BCUT2D eigenvalue weighted by atomic mass is 10.1. The molecule has 1 heterocycles. The summed E-state index contributed by atoms with van der Waals surface area (Å²) in [6, 6.07) is 3.35. The summed E-state index contributed by atoms with van der Waals surface area (Å²) in [5.74, 6) is 0. The van der Waals surface area contributed by atoms with Crippen molar-refractivity contribution < 1.29 is 4.42 Å². The number of furan rings is 1. The van der Waals surface area contributed by atoms with Gasteiger partial charge in [-0.15, -0.1) is 12.6 Å². The van der Waals surface area contributed by atoms with Crippen molar-refractivity contribution in [2.45, 2.75) is 5.09 Å². The zero-order chi connectivity index (χ0) is 5.28. The van der Waals surface area contributed by atoms with Crippen LogP contribution in [0.3, 0.4) is 0 Å². The summed E-state index contributed by atoms with van der Waals surface area (Å²) >= 11 is 3.86. The molecule has 1 aromatic rings. The Morgan fingerprint density at radius 3 is 2.43 bits per heavy atom. The highest BCUT2D eigenvalue weighted by Gasteiger charge is 1.86. The Balaban J connectivity index is 3.04. The first-order valence-corrected chi connectivity index (χ1v) is 2.28. The van der Waals surface area contributed by atoms with Gasteiger partial charge in [0.1, 0.15) is 0 Å². The van der Waals surface area contributed by atoms with E-state index >= 15 is 0 Å². The summed E-state index contributed by atoms with van der Waals surface area (Å²) in [5.41, 5.74) is 0.407. The molecule has 0 aromatic carbocycles. The van der Waals surface area contributed by atoms with E-state index < -0.39 is 0 Å². The van der Waals surface area contributed by atoms with Gasteiger partial charge >= 0.3 is 0 Å². The molecule has 1 rings (SSSR count). The second-order valence-electron chi connectivity index (χ2n) is 1.18. The van der Waals surface area contributed by atoms with E-state index in [9.17, 15) is 0 Å². The van der Waals surface area contributed by atoms with Crippen LogP contribution >= 0.6 is 12.6 Å². The second kappa shape index (κ2) is 1.66. The van der Waals surface area contributed by atoms with Gasteiger partial charge in [-0.05, 0) is 12.1 Å². The fourth-order valence-corrected chi connectivity index (χ4v) is 0.522. The van der Waals surface area contributed by atoms with E-state index in [1.54, 1.807) is 12.1 Å². The first kappa shape index (κ1) is 4.84. The fourth-order valence-electron chi connectivity index (χ4n) is 0.342. The SMILES string of the molecule is [B]c1ccc(S)o1. The minimum atomic E-state index is 0.407. The number of hydrogen-bond donors (Lipinski definition) is 1. The van der Waals surface area contributed by atoms with Gasteiger partial charge in [-0.3, -0.25) is 0 Å². The highest BCUT2D eigenvalue weighted by molar-refractivity contribution is 7.80. The van der Waals surface area contributed by atoms with E-state index in [-0.39, 0.29) is 0 Å². The zero-order valence-electron chi connectivity index (χ0n) is 3.59. The van der Waals surface area contributed by atoms with Crippen molar-refractivity contribution in [3.63, 3.8) is 0 Å². The van der Waals surface area contributed by atoms with Crippen LogP contribution < -0.4 is 5.66 Å². The molecule has 1 nitrogen and oxygen atoms in total. The zero-order valence-corrected chi connectivity index (χ0v) is 4.48. The topological polar surface area (TPSA) is 13.1 Å². The molecule has 1 aromatic heterocycles. The normalized spacial score (nSPS) is 9.29. The van der Waals surface area contributed by atoms with Gasteiger partial charge in [0.25, 0.3) is 0 Å². The molecule has 0 saturated heterocycles. The Bertz CT molecular complexity index is 144. The standard InChI is InChI=1S/C4H3BOS/c5-3-1-2-4(7)6-3/h1-2,7H. The molecule has 0 N–H and O–H groups in total. The summed E-state index contributed by atoms with van der Waals surface area (Å²) in [6.45, 7) is 0. The number of hydrogen-bond acceptors (Lipinski definition) is 2. The maximum atomic E-state index is 5.16. The first-order chi connectivity index (χ1) is 3.29. The van der Waals surface area contributed by atoms with Crippen LogP contribution in [0, 0.1) is 0 Å². The van der Waals surface area contributed by atoms with Crippen molar-refractivity contribution >= 4 is 26.1 Å². The average molecular weight is 110 g/mol. The Labute approximate surface area is 48.5 Å². The monoisotopic (exact) mass is 110 g/mol. The van der Waals surface area contributed by atoms with Crippen LogP contribution in [0.4, 0.5) is 0 Å². The quantitative estimate of drug-likeness (QED) is 0.376. The molecule has 34 valence electrons. The summed E-state index contributed by atoms with van der Waals surface area (Å²) in [5, 5.41) is 0.553. The molecule has 0 bridgehead atoms. The lowest BCUT2D eigenvalue weighted by molar-refractivity contribution is 0.506. The molecule has 0 atom stereocenters. The van der Waals surface area contributed by atoms with Crippen LogP contribution in [-0.2, 0) is 0 Å². The predicted molar refractivity (Wildman–Crippen MR) is 31.3 cm³/mol. The molecule has 0 spiro atoms. The van der Waals surface area contributed by atoms with Gasteiger partial charge in [-0.25, -0.2) is 0 Å². The molecule has 0 aliphatic rings. The van der Waals surface area contributed by atoms with Gasteiger partial charge in [-0.2, -0.15) is 0 Å². The molecule has 0 unspecified atom stereocenters. The first-order valence-electron chi connectivity index (χ1n) is 1.83. The molecule has 0 amide bonds. The van der Waals surface area contributed by atoms with E-state index in [0.29, 0.717) is 10.8 Å². The van der Waals surface area contributed by atoms with Crippen LogP contribution in [0.15, 0.2) is 21.6 Å². The van der Waals surface area contributed by atoms with Crippen LogP contribution in [0.2, 0.25) is 0 Å². The highest BCUT2D eigenvalue weighted by Crippen LogP contribution is 2.00. The van der Waals surface area contributed by atoms with E-state index in [2.05, 4.69) is 12.6 Å². The van der Waals surface area contributed by atoms with Gasteiger partial charge in [0.2, 0.25) is 0 Å². The summed E-state index contributed by atoms with van der Waals surface area (Å²) in [7, 11) is 5.16. The molecule has 2 radical (unpaired) electrons. The molecule has 7 heavy (non-hydrogen) atoms. The summed E-state index contributed by atoms with van der Waals surface area (Å²) < 4.78 is 4.73. The van der Waals surface area contributed by atoms with Crippen LogP contribution in [0.5, 0.6) is 0 Å². The van der Waals surface area contributed by atoms with Gasteiger partial charge in [0, 0.05) is 5.66 Å². The molecule has 0 aliphatic carbocycles. The predicted octanol–water partition coefficient (Wildman–Crippen LogP) is 0.362. The van der Waals surface area contributed by atoms with Crippen LogP contribution in [-0.4, -0.2) is 7.85 Å². The Morgan fingerprint density at radius 1 is 1.57 bits per heavy atom. The van der Waals surface area contributed by atoms with Crippen molar-refractivity contribution in [1.82, 2.24) is 0 Å². The Kier molecular flexibility index (Phi) is 1.15. The van der Waals surface area contributed by atoms with Crippen molar-refractivity contribution in [3.05, 3.63) is 12.1 Å². The summed E-state index contributed by atoms with van der Waals surface area (Å²) in [4.78, 5) is 0. The van der Waals surface area contributed by atoms with E-state index in [1.165, 1.54) is 0 Å². The van der Waals surface area contributed by atoms with Crippen molar-refractivity contribution in [3.8, 4) is 0 Å². The van der Waals surface area contributed by atoms with Crippen LogP contribution in [0.1, 0.15) is 0 Å². The fraction of sp³-hybridized carbons (Fsp3) is 0. The largest absolute Gasteiger partial charge is 0.467 e. The average Bonchev–Trinajstić information content (AvgIpc) is 1.87. The van der Waals surface area contributed by atoms with E-state index in [0.717, 1.165) is 0 Å². The lowest BCUT2D eigenvalue weighted by Gasteiger charge is -1.76. The van der Waals surface area contributed by atoms with Crippen LogP contribution in [0.25, 0.3) is 0 Å². The van der Waals surface area contributed by atoms with Crippen molar-refractivity contribution in [2.75, 3.05) is 0 Å². The maximum absolute atomic E-state index is 5.16. The third-order valence-corrected chi connectivity index (χ3v) is 0.853. The molecular formula is C4H3BOS. The van der Waals surface area contributed by atoms with Gasteiger partial charge in [0.05, 0.1) is 0 Å². The van der Waals surface area contributed by atoms with E-state index in [4.69, 9.17) is 12.3 Å². The van der Waals surface area contributed by atoms with Gasteiger partial charge < -0.3 is 4.42 Å². The van der Waals surface area contributed by atoms with Gasteiger partial charge in [-0.1, -0.05) is 0 Å². The minimum Gasteiger partial charge on any atom is -0.467 e. The lowest BCUT2D eigenvalue weighted by Crippen LogP contribution is -1.92. The Morgan fingerprint density at radius 2 is 2.29 bits per heavy atom. The molecule has 0 aliphatic heterocycles. The number of rotatable bonds is 0. The smallest absolute Gasteiger partial charge is 0.167 e. The van der Waals surface area contributed by atoms with Crippen molar-refractivity contribution in [2.24, 2.45) is 0 Å². The third-order valence-electron chi connectivity index (χ3n) is 0.613. The Hall–Kier alpha value is -0.305. The highest BCUT2D eigenvalue weighted by atomic mass is 32.1. The van der Waals surface area contributed by atoms with Crippen molar-refractivity contribution in [1.29, 1.82) is 0 Å². The van der Waals surface area contributed by atoms with Gasteiger partial charge in [0.15, 0.2) is 12.9 Å². The molecule has 3 heteroatoms. The summed E-state index contributed by atoms with van der Waals surface area (Å²) in [6.07, 6.45) is 0. The second-order valence-corrected chi connectivity index (χ2v) is 1.62. The maximum Gasteiger partial charge on any atom is 0.167 e. The third kappa shape index (κ3) is 1.03. The minimum absolute atomic E-state index is 0.407. The number of thiol groups is 1.